The number of carbonyl (C=O) groups is 1. The van der Waals surface area contributed by atoms with Gasteiger partial charge in [0, 0.05) is 30.0 Å². The molecule has 0 spiro atoms. The predicted molar refractivity (Wildman–Crippen MR) is 82.1 cm³/mol. The summed E-state index contributed by atoms with van der Waals surface area (Å²) in [6.45, 7) is 7.16. The third-order valence-corrected chi connectivity index (χ3v) is 4.20. The van der Waals surface area contributed by atoms with Crippen LogP contribution in [0.15, 0.2) is 18.2 Å². The molecule has 4 heteroatoms. The number of fused-ring (bicyclic) bond motifs is 1. The maximum absolute atomic E-state index is 12.0. The molecular formula is C16H23N3O. The minimum atomic E-state index is -0.192. The van der Waals surface area contributed by atoms with Crippen molar-refractivity contribution < 1.29 is 4.79 Å². The molecule has 0 aromatic heterocycles. The van der Waals surface area contributed by atoms with Gasteiger partial charge in [-0.1, -0.05) is 13.0 Å². The zero-order valence-corrected chi connectivity index (χ0v) is 12.3. The largest absolute Gasteiger partial charge is 0.371 e. The Kier molecular flexibility index (Phi) is 3.66. The highest BCUT2D eigenvalue weighted by Crippen LogP contribution is 2.36. The van der Waals surface area contributed by atoms with E-state index in [1.165, 1.54) is 18.5 Å². The van der Waals surface area contributed by atoms with E-state index >= 15 is 0 Å². The van der Waals surface area contributed by atoms with Gasteiger partial charge in [0.2, 0.25) is 5.91 Å². The number of rotatable bonds is 6. The molecule has 1 amide bonds. The van der Waals surface area contributed by atoms with Crippen molar-refractivity contribution in [1.82, 2.24) is 5.32 Å². The van der Waals surface area contributed by atoms with Gasteiger partial charge in [0.1, 0.15) is 6.04 Å². The molecule has 1 aliphatic carbocycles. The Morgan fingerprint density at radius 2 is 2.15 bits per heavy atom. The summed E-state index contributed by atoms with van der Waals surface area (Å²) in [5.41, 5.74) is 3.26. The quantitative estimate of drug-likeness (QED) is 0.837. The van der Waals surface area contributed by atoms with E-state index in [2.05, 4.69) is 40.7 Å². The lowest BCUT2D eigenvalue weighted by atomic mass is 10.1. The van der Waals surface area contributed by atoms with Crippen LogP contribution in [0.25, 0.3) is 0 Å². The topological polar surface area (TPSA) is 44.4 Å². The smallest absolute Gasteiger partial charge is 0.246 e. The van der Waals surface area contributed by atoms with Crippen LogP contribution < -0.4 is 15.5 Å². The van der Waals surface area contributed by atoms with E-state index in [0.29, 0.717) is 0 Å². The summed E-state index contributed by atoms with van der Waals surface area (Å²) in [6, 6.07) is 6.17. The number of likely N-dealkylation sites (N-methyl/N-ethyl adjacent to an activating group) is 1. The average molecular weight is 273 g/mol. The maximum Gasteiger partial charge on any atom is 0.246 e. The van der Waals surface area contributed by atoms with Gasteiger partial charge in [-0.25, -0.2) is 0 Å². The molecule has 1 aromatic carbocycles. The lowest BCUT2D eigenvalue weighted by Gasteiger charge is -2.23. The third kappa shape index (κ3) is 2.52. The molecule has 1 unspecified atom stereocenters. The van der Waals surface area contributed by atoms with Crippen LogP contribution in [0.3, 0.4) is 0 Å². The molecule has 1 saturated carbocycles. The Balaban J connectivity index is 1.82. The van der Waals surface area contributed by atoms with E-state index in [9.17, 15) is 4.79 Å². The first-order valence-electron chi connectivity index (χ1n) is 7.66. The van der Waals surface area contributed by atoms with E-state index < -0.39 is 0 Å². The highest BCUT2D eigenvalue weighted by Gasteiger charge is 2.30. The van der Waals surface area contributed by atoms with E-state index in [1.807, 2.05) is 6.92 Å². The van der Waals surface area contributed by atoms with Gasteiger partial charge in [-0.2, -0.15) is 0 Å². The molecule has 2 N–H and O–H groups in total. The first kappa shape index (κ1) is 13.4. The van der Waals surface area contributed by atoms with Crippen molar-refractivity contribution in [3.63, 3.8) is 0 Å². The normalized spacial score (nSPS) is 20.7. The Hall–Kier alpha value is -1.55. The minimum absolute atomic E-state index is 0.0595. The second kappa shape index (κ2) is 5.44. The monoisotopic (exact) mass is 273 g/mol. The standard InChI is InChI=1S/C16H23N3O/c1-3-17-15-13-8-7-12(9-14(13)18-16(15)20)19(4-2)10-11-5-6-11/h7-9,11,15,17H,3-6,10H2,1-2H3,(H,18,20). The van der Waals surface area contributed by atoms with Crippen molar-refractivity contribution in [3.8, 4) is 0 Å². The summed E-state index contributed by atoms with van der Waals surface area (Å²) in [5.74, 6) is 0.927. The Labute approximate surface area is 120 Å². The zero-order valence-electron chi connectivity index (χ0n) is 12.3. The summed E-state index contributed by atoms with van der Waals surface area (Å²) in [6.07, 6.45) is 2.72. The second-order valence-corrected chi connectivity index (χ2v) is 5.73. The van der Waals surface area contributed by atoms with Crippen LogP contribution in [0, 0.1) is 5.92 Å². The molecule has 0 saturated heterocycles. The van der Waals surface area contributed by atoms with Crippen molar-refractivity contribution in [1.29, 1.82) is 0 Å². The van der Waals surface area contributed by atoms with Gasteiger partial charge in [-0.15, -0.1) is 0 Å². The van der Waals surface area contributed by atoms with Crippen molar-refractivity contribution in [2.75, 3.05) is 29.9 Å². The van der Waals surface area contributed by atoms with Gasteiger partial charge in [0.05, 0.1) is 0 Å². The van der Waals surface area contributed by atoms with Crippen LogP contribution in [0.5, 0.6) is 0 Å². The molecule has 1 aliphatic heterocycles. The summed E-state index contributed by atoms with van der Waals surface area (Å²) in [7, 11) is 0. The molecule has 4 nitrogen and oxygen atoms in total. The first-order valence-corrected chi connectivity index (χ1v) is 7.66. The highest BCUT2D eigenvalue weighted by molar-refractivity contribution is 6.03. The maximum atomic E-state index is 12.0. The predicted octanol–water partition coefficient (Wildman–Crippen LogP) is 2.53. The van der Waals surface area contributed by atoms with Crippen LogP contribution in [0.4, 0.5) is 11.4 Å². The lowest BCUT2D eigenvalue weighted by Crippen LogP contribution is -2.27. The molecule has 1 atom stereocenters. The zero-order chi connectivity index (χ0) is 14.1. The number of carbonyl (C=O) groups excluding carboxylic acids is 1. The molecular weight excluding hydrogens is 250 g/mol. The van der Waals surface area contributed by atoms with Gasteiger partial charge >= 0.3 is 0 Å². The van der Waals surface area contributed by atoms with Gasteiger partial charge < -0.3 is 15.5 Å². The fourth-order valence-electron chi connectivity index (χ4n) is 2.88. The average Bonchev–Trinajstić information content (AvgIpc) is 3.21. The lowest BCUT2D eigenvalue weighted by molar-refractivity contribution is -0.117. The van der Waals surface area contributed by atoms with Crippen molar-refractivity contribution in [2.45, 2.75) is 32.7 Å². The number of anilines is 2. The van der Waals surface area contributed by atoms with E-state index in [4.69, 9.17) is 0 Å². The van der Waals surface area contributed by atoms with Crippen molar-refractivity contribution >= 4 is 17.3 Å². The number of benzene rings is 1. The molecule has 0 radical (unpaired) electrons. The first-order chi connectivity index (χ1) is 9.72. The molecule has 0 bridgehead atoms. The molecule has 2 aliphatic rings. The molecule has 1 fully saturated rings. The van der Waals surface area contributed by atoms with Crippen LogP contribution >= 0.6 is 0 Å². The molecule has 20 heavy (non-hydrogen) atoms. The van der Waals surface area contributed by atoms with Crippen molar-refractivity contribution in [3.05, 3.63) is 23.8 Å². The number of hydrogen-bond donors (Lipinski definition) is 2. The van der Waals surface area contributed by atoms with E-state index in [-0.39, 0.29) is 11.9 Å². The highest BCUT2D eigenvalue weighted by atomic mass is 16.2. The number of nitrogens with zero attached hydrogens (tertiary/aromatic N) is 1. The third-order valence-electron chi connectivity index (χ3n) is 4.20. The second-order valence-electron chi connectivity index (χ2n) is 5.73. The molecule has 1 heterocycles. The van der Waals surface area contributed by atoms with Gasteiger partial charge in [-0.05, 0) is 44.4 Å². The van der Waals surface area contributed by atoms with E-state index in [0.717, 1.165) is 36.8 Å². The van der Waals surface area contributed by atoms with Gasteiger partial charge in [0.15, 0.2) is 0 Å². The van der Waals surface area contributed by atoms with Crippen molar-refractivity contribution in [2.24, 2.45) is 5.92 Å². The summed E-state index contributed by atoms with van der Waals surface area (Å²) in [4.78, 5) is 14.4. The SMILES string of the molecule is CCNC1C(=O)Nc2cc(N(CC)CC3CC3)ccc21. The Bertz CT molecular complexity index is 510. The van der Waals surface area contributed by atoms with Crippen LogP contribution in [0.1, 0.15) is 38.3 Å². The van der Waals surface area contributed by atoms with Crippen LogP contribution in [0.2, 0.25) is 0 Å². The number of nitrogens with one attached hydrogen (secondary N) is 2. The Morgan fingerprint density at radius 3 is 2.80 bits per heavy atom. The number of amides is 1. The molecule has 1 aromatic rings. The fourth-order valence-corrected chi connectivity index (χ4v) is 2.88. The minimum Gasteiger partial charge on any atom is -0.371 e. The molecule has 3 rings (SSSR count). The van der Waals surface area contributed by atoms with Gasteiger partial charge in [-0.3, -0.25) is 4.79 Å². The molecule has 108 valence electrons. The van der Waals surface area contributed by atoms with Crippen LogP contribution in [-0.4, -0.2) is 25.5 Å². The number of hydrogen-bond acceptors (Lipinski definition) is 3. The van der Waals surface area contributed by atoms with E-state index in [1.54, 1.807) is 0 Å². The fraction of sp³-hybridized carbons (Fsp3) is 0.562. The summed E-state index contributed by atoms with van der Waals surface area (Å²) < 4.78 is 0. The summed E-state index contributed by atoms with van der Waals surface area (Å²) >= 11 is 0. The van der Waals surface area contributed by atoms with Crippen LogP contribution in [-0.2, 0) is 4.79 Å². The Morgan fingerprint density at radius 1 is 1.35 bits per heavy atom. The summed E-state index contributed by atoms with van der Waals surface area (Å²) in [5, 5.41) is 6.22. The van der Waals surface area contributed by atoms with Gasteiger partial charge in [0.25, 0.3) is 0 Å².